The summed E-state index contributed by atoms with van der Waals surface area (Å²) in [7, 11) is 0. The lowest BCUT2D eigenvalue weighted by atomic mass is 10.00. The van der Waals surface area contributed by atoms with Gasteiger partial charge in [-0.05, 0) is 84.3 Å². The zero-order valence-corrected chi connectivity index (χ0v) is 22.0. The number of nitrogens with one attached hydrogen (secondary N) is 1. The maximum absolute atomic E-state index is 13.1. The molecule has 0 bridgehead atoms. The van der Waals surface area contributed by atoms with Crippen LogP contribution in [-0.4, -0.2) is 41.5 Å². The molecule has 3 rings (SSSR count). The molecule has 196 valence electrons. The summed E-state index contributed by atoms with van der Waals surface area (Å²) >= 11 is 0. The van der Waals surface area contributed by atoms with Gasteiger partial charge < -0.3 is 21.1 Å². The molecule has 0 radical (unpaired) electrons. The van der Waals surface area contributed by atoms with Gasteiger partial charge in [-0.2, -0.15) is 0 Å². The first-order valence-corrected chi connectivity index (χ1v) is 13.1. The van der Waals surface area contributed by atoms with Gasteiger partial charge in [0.25, 0.3) is 5.91 Å². The van der Waals surface area contributed by atoms with E-state index in [1.165, 1.54) is 0 Å². The molecule has 4 N–H and O–H groups in total. The monoisotopic (exact) mass is 501 g/mol. The van der Waals surface area contributed by atoms with Crippen molar-refractivity contribution in [3.8, 4) is 16.9 Å². The van der Waals surface area contributed by atoms with Crippen LogP contribution in [0.4, 0.5) is 0 Å². The van der Waals surface area contributed by atoms with Gasteiger partial charge in [0, 0.05) is 31.6 Å². The first kappa shape index (κ1) is 27.9. The van der Waals surface area contributed by atoms with Crippen LogP contribution in [0.5, 0.6) is 5.75 Å². The van der Waals surface area contributed by atoms with Gasteiger partial charge in [-0.15, -0.1) is 0 Å². The van der Waals surface area contributed by atoms with Crippen molar-refractivity contribution in [2.45, 2.75) is 46.1 Å². The second-order valence-electron chi connectivity index (χ2n) is 9.84. The fourth-order valence-corrected chi connectivity index (χ4v) is 4.10. The summed E-state index contributed by atoms with van der Waals surface area (Å²) in [5, 5.41) is 12.5. The number of rotatable bonds is 13. The van der Waals surface area contributed by atoms with E-state index in [0.717, 1.165) is 35.1 Å². The van der Waals surface area contributed by atoms with Crippen LogP contribution in [0.1, 0.15) is 54.6 Å². The summed E-state index contributed by atoms with van der Waals surface area (Å²) in [6, 6.07) is 22.9. The number of hydrogen-bond donors (Lipinski definition) is 3. The molecule has 0 spiro atoms. The molecular weight excluding hydrogens is 462 g/mol. The molecule has 0 aliphatic heterocycles. The summed E-state index contributed by atoms with van der Waals surface area (Å²) in [5.41, 5.74) is 10.2. The average Bonchev–Trinajstić information content (AvgIpc) is 2.91. The maximum atomic E-state index is 13.1. The van der Waals surface area contributed by atoms with Gasteiger partial charge in [-0.1, -0.05) is 56.3 Å². The van der Waals surface area contributed by atoms with E-state index in [1.807, 2.05) is 59.5 Å². The largest absolute Gasteiger partial charge is 0.508 e. The fraction of sp³-hybridized carbons (Fsp3) is 0.355. The molecule has 0 aliphatic carbocycles. The predicted octanol–water partition coefficient (Wildman–Crippen LogP) is 5.15. The van der Waals surface area contributed by atoms with Crippen molar-refractivity contribution in [2.24, 2.45) is 11.7 Å². The number of aromatic hydroxyl groups is 1. The lowest BCUT2D eigenvalue weighted by Crippen LogP contribution is -2.32. The number of phenolic OH excluding ortho intramolecular Hbond substituents is 1. The van der Waals surface area contributed by atoms with Crippen LogP contribution in [0.3, 0.4) is 0 Å². The summed E-state index contributed by atoms with van der Waals surface area (Å²) in [6.07, 6.45) is 2.84. The summed E-state index contributed by atoms with van der Waals surface area (Å²) < 4.78 is 0. The molecule has 0 heterocycles. The summed E-state index contributed by atoms with van der Waals surface area (Å²) in [6.45, 7) is 6.47. The Balaban J connectivity index is 1.75. The van der Waals surface area contributed by atoms with Gasteiger partial charge in [0.15, 0.2) is 0 Å². The highest BCUT2D eigenvalue weighted by Gasteiger charge is 2.15. The lowest BCUT2D eigenvalue weighted by Gasteiger charge is -2.24. The van der Waals surface area contributed by atoms with Crippen LogP contribution < -0.4 is 11.1 Å². The number of carbonyl (C=O) groups excluding carboxylic acids is 2. The van der Waals surface area contributed by atoms with E-state index >= 15 is 0 Å². The minimum absolute atomic E-state index is 0.109. The molecule has 2 amide bonds. The first-order chi connectivity index (χ1) is 17.9. The normalized spacial score (nSPS) is 10.9. The number of benzene rings is 3. The molecule has 6 nitrogen and oxygen atoms in total. The van der Waals surface area contributed by atoms with E-state index in [2.05, 4.69) is 25.2 Å². The smallest absolute Gasteiger partial charge is 0.251 e. The fourth-order valence-electron chi connectivity index (χ4n) is 4.10. The highest BCUT2D eigenvalue weighted by molar-refractivity contribution is 5.95. The van der Waals surface area contributed by atoms with Crippen LogP contribution in [0.2, 0.25) is 0 Å². The van der Waals surface area contributed by atoms with E-state index in [0.29, 0.717) is 50.5 Å². The highest BCUT2D eigenvalue weighted by Crippen LogP contribution is 2.23. The zero-order chi connectivity index (χ0) is 26.6. The number of nitrogens with zero attached hydrogens (tertiary/aromatic N) is 1. The summed E-state index contributed by atoms with van der Waals surface area (Å²) in [4.78, 5) is 27.6. The average molecular weight is 502 g/mol. The molecule has 0 atom stereocenters. The molecule has 0 aromatic heterocycles. The molecule has 0 aliphatic rings. The van der Waals surface area contributed by atoms with Crippen LogP contribution in [0, 0.1) is 5.92 Å². The van der Waals surface area contributed by atoms with Gasteiger partial charge in [0.05, 0.1) is 0 Å². The van der Waals surface area contributed by atoms with E-state index in [9.17, 15) is 14.7 Å². The maximum Gasteiger partial charge on any atom is 0.251 e. The third-order valence-corrected chi connectivity index (χ3v) is 6.32. The van der Waals surface area contributed by atoms with Gasteiger partial charge in [-0.3, -0.25) is 9.59 Å². The number of hydrogen-bond acceptors (Lipinski definition) is 4. The highest BCUT2D eigenvalue weighted by atomic mass is 16.3. The van der Waals surface area contributed by atoms with Crippen molar-refractivity contribution in [3.05, 3.63) is 89.5 Å². The van der Waals surface area contributed by atoms with Crippen LogP contribution >= 0.6 is 0 Å². The van der Waals surface area contributed by atoms with Crippen molar-refractivity contribution < 1.29 is 14.7 Å². The van der Waals surface area contributed by atoms with E-state index in [-0.39, 0.29) is 17.6 Å². The Kier molecular flexibility index (Phi) is 10.7. The Morgan fingerprint density at radius 3 is 2.35 bits per heavy atom. The van der Waals surface area contributed by atoms with E-state index < -0.39 is 0 Å². The van der Waals surface area contributed by atoms with Gasteiger partial charge in [0.2, 0.25) is 5.91 Å². The zero-order valence-electron chi connectivity index (χ0n) is 22.0. The van der Waals surface area contributed by atoms with Crippen molar-refractivity contribution in [1.82, 2.24) is 10.2 Å². The molecule has 0 unspecified atom stereocenters. The number of carbonyl (C=O) groups is 2. The molecule has 3 aromatic rings. The van der Waals surface area contributed by atoms with Crippen LogP contribution in [-0.2, 0) is 17.8 Å². The molecule has 37 heavy (non-hydrogen) atoms. The molecular formula is C31H39N3O3. The van der Waals surface area contributed by atoms with Crippen LogP contribution in [0.15, 0.2) is 72.8 Å². The Labute approximate surface area is 220 Å². The van der Waals surface area contributed by atoms with E-state index in [1.54, 1.807) is 12.1 Å². The predicted molar refractivity (Wildman–Crippen MR) is 149 cm³/mol. The minimum atomic E-state index is -0.109. The minimum Gasteiger partial charge on any atom is -0.508 e. The molecule has 0 saturated heterocycles. The molecule has 6 heteroatoms. The third kappa shape index (κ3) is 9.07. The van der Waals surface area contributed by atoms with Crippen LogP contribution in [0.25, 0.3) is 11.1 Å². The molecule has 3 aromatic carbocycles. The Bertz CT molecular complexity index is 1160. The Morgan fingerprint density at radius 2 is 1.65 bits per heavy atom. The number of amides is 2. The van der Waals surface area contributed by atoms with E-state index in [4.69, 9.17) is 5.73 Å². The van der Waals surface area contributed by atoms with Gasteiger partial charge in [0.1, 0.15) is 5.75 Å². The van der Waals surface area contributed by atoms with Crippen molar-refractivity contribution in [2.75, 3.05) is 19.6 Å². The topological polar surface area (TPSA) is 95.7 Å². The third-order valence-electron chi connectivity index (χ3n) is 6.32. The van der Waals surface area contributed by atoms with Crippen molar-refractivity contribution >= 4 is 11.8 Å². The molecule has 0 fully saturated rings. The Morgan fingerprint density at radius 1 is 0.946 bits per heavy atom. The van der Waals surface area contributed by atoms with Crippen molar-refractivity contribution in [3.63, 3.8) is 0 Å². The number of nitrogens with two attached hydrogens (primary N) is 1. The Hall–Kier alpha value is -3.64. The standard InChI is InChI=1S/C31H39N3O3/c1-23(2)10-15-30(36)34(19-16-24-11-13-29(35)14-12-24)22-25-6-3-7-26(20-25)27-8-4-9-28(21-27)31(37)33-18-5-17-32/h3-4,6-9,11-14,20-21,23,35H,5,10,15-19,22,32H2,1-2H3,(H,33,37). The molecule has 0 saturated carbocycles. The van der Waals surface area contributed by atoms with Gasteiger partial charge in [-0.25, -0.2) is 0 Å². The number of phenols is 1. The van der Waals surface area contributed by atoms with Gasteiger partial charge >= 0.3 is 0 Å². The first-order valence-electron chi connectivity index (χ1n) is 13.1. The quantitative estimate of drug-likeness (QED) is 0.282. The second-order valence-corrected chi connectivity index (χ2v) is 9.84. The van der Waals surface area contributed by atoms with Crippen molar-refractivity contribution in [1.29, 1.82) is 0 Å². The lowest BCUT2D eigenvalue weighted by molar-refractivity contribution is -0.132. The second kappa shape index (κ2) is 14.2. The SMILES string of the molecule is CC(C)CCC(=O)N(CCc1ccc(O)cc1)Cc1cccc(-c2cccc(C(=O)NCCCN)c2)c1. The summed E-state index contributed by atoms with van der Waals surface area (Å²) in [5.74, 6) is 0.741.